The number of carbonyl (C=O) groups is 2. The van der Waals surface area contributed by atoms with Gasteiger partial charge < -0.3 is 20.5 Å². The van der Waals surface area contributed by atoms with E-state index >= 15 is 0 Å². The number of allylic oxidation sites excluding steroid dienone is 6. The Labute approximate surface area is 189 Å². The fraction of sp³-hybridized carbons (Fsp3) is 0.458. The van der Waals surface area contributed by atoms with Crippen LogP contribution in [0.4, 0.5) is 4.39 Å². The number of carboxylic acids is 1. The first-order valence-corrected chi connectivity index (χ1v) is 10.7. The molecule has 0 fully saturated rings. The second-order valence-corrected chi connectivity index (χ2v) is 7.54. The van der Waals surface area contributed by atoms with Gasteiger partial charge in [-0.2, -0.15) is 0 Å². The summed E-state index contributed by atoms with van der Waals surface area (Å²) in [6.07, 6.45) is 10.7. The van der Waals surface area contributed by atoms with Crippen LogP contribution in [0.15, 0.2) is 64.4 Å². The highest BCUT2D eigenvalue weighted by molar-refractivity contribution is 5.96. The third kappa shape index (κ3) is 7.51. The molecule has 32 heavy (non-hydrogen) atoms. The van der Waals surface area contributed by atoms with E-state index in [1.807, 2.05) is 13.1 Å². The monoisotopic (exact) mass is 447 g/mol. The molecule has 0 saturated heterocycles. The van der Waals surface area contributed by atoms with Crippen molar-refractivity contribution in [2.24, 2.45) is 16.6 Å². The number of carbonyl (C=O) groups excluding carboxylic acids is 1. The first-order chi connectivity index (χ1) is 15.2. The van der Waals surface area contributed by atoms with Gasteiger partial charge in [-0.1, -0.05) is 32.6 Å². The summed E-state index contributed by atoms with van der Waals surface area (Å²) < 4.78 is 18.8. The Kier molecular flexibility index (Phi) is 11.2. The molecule has 0 aliphatic carbocycles. The van der Waals surface area contributed by atoms with Gasteiger partial charge in [0.15, 0.2) is 6.61 Å². The zero-order valence-corrected chi connectivity index (χ0v) is 19.3. The molecule has 2 rings (SSSR count). The number of nitrogens with two attached hydrogens (primary N) is 1. The average Bonchev–Trinajstić information content (AvgIpc) is 2.74. The Balaban J connectivity index is 0.00000161. The van der Waals surface area contributed by atoms with Gasteiger partial charge in [-0.05, 0) is 62.7 Å². The highest BCUT2D eigenvalue weighted by Crippen LogP contribution is 2.40. The quantitative estimate of drug-likeness (QED) is 0.418. The first-order valence-electron chi connectivity index (χ1n) is 10.7. The van der Waals surface area contributed by atoms with E-state index < -0.39 is 12.6 Å². The number of hydrogen-bond donors (Lipinski definition) is 2. The number of primary amides is 1. The number of rotatable bonds is 8. The summed E-state index contributed by atoms with van der Waals surface area (Å²) in [5.41, 5.74) is 7.99. The molecule has 3 N–H and O–H groups in total. The number of aliphatic imine (C=N–C) groups is 1. The predicted octanol–water partition coefficient (Wildman–Crippen LogP) is 4.60. The standard InChI is InChI=1S/C23H31FN2O3.CH3NO/c1-6-17(10-9-15(4)24)11-19-12-18(7-2)20(8-3)22-23(29-14-21(27)28)25-16(5)13-26(19)22;2-1-3/h6,9-10,13,18-19H,1,7-8,11-12,14H2,2-5H3,(H,27,28);1H,(H2,2,3)/b15-9+,17-10+;. The molecule has 2 aliphatic rings. The van der Waals surface area contributed by atoms with Gasteiger partial charge in [0, 0.05) is 12.2 Å². The van der Waals surface area contributed by atoms with Crippen molar-refractivity contribution < 1.29 is 23.8 Å². The van der Waals surface area contributed by atoms with Crippen molar-refractivity contribution in [3.63, 3.8) is 0 Å². The lowest BCUT2D eigenvalue weighted by Crippen LogP contribution is -2.43. The number of amides is 1. The number of hydrogen-bond acceptors (Lipinski definition) is 5. The van der Waals surface area contributed by atoms with Crippen LogP contribution in [-0.2, 0) is 14.3 Å². The number of carboxylic acid groups (broad SMARTS) is 1. The molecule has 1 amide bonds. The average molecular weight is 448 g/mol. The van der Waals surface area contributed by atoms with Crippen LogP contribution in [0.2, 0.25) is 0 Å². The van der Waals surface area contributed by atoms with Gasteiger partial charge in [0.1, 0.15) is 5.70 Å². The Morgan fingerprint density at radius 1 is 1.44 bits per heavy atom. The van der Waals surface area contributed by atoms with Crippen LogP contribution in [0.25, 0.3) is 0 Å². The van der Waals surface area contributed by atoms with Gasteiger partial charge in [0.2, 0.25) is 12.3 Å². The molecule has 176 valence electrons. The molecule has 2 unspecified atom stereocenters. The number of aliphatic carboxylic acids is 1. The first kappa shape index (κ1) is 26.9. The molecule has 0 aromatic carbocycles. The smallest absolute Gasteiger partial charge is 0.341 e. The van der Waals surface area contributed by atoms with Crippen molar-refractivity contribution in [2.75, 3.05) is 6.61 Å². The van der Waals surface area contributed by atoms with Crippen molar-refractivity contribution in [1.29, 1.82) is 0 Å². The summed E-state index contributed by atoms with van der Waals surface area (Å²) in [6.45, 7) is 11.0. The van der Waals surface area contributed by atoms with Crippen molar-refractivity contribution in [2.45, 2.75) is 59.4 Å². The van der Waals surface area contributed by atoms with Crippen LogP contribution < -0.4 is 5.73 Å². The normalized spacial score (nSPS) is 21.0. The van der Waals surface area contributed by atoms with Gasteiger partial charge in [0.25, 0.3) is 0 Å². The summed E-state index contributed by atoms with van der Waals surface area (Å²) in [5, 5.41) is 9.06. The molecule has 0 spiro atoms. The van der Waals surface area contributed by atoms with E-state index in [-0.39, 0.29) is 18.3 Å². The van der Waals surface area contributed by atoms with Crippen LogP contribution in [0.5, 0.6) is 0 Å². The summed E-state index contributed by atoms with van der Waals surface area (Å²) in [4.78, 5) is 26.3. The molecule has 0 aromatic heterocycles. The SMILES string of the molecule is C=C/C(=C\C=C(/C)F)CC1CC(CC)C(CC)=C2C(OCC(=O)O)=NC(C)=CN21.NC=O. The maximum Gasteiger partial charge on any atom is 0.341 e. The van der Waals surface area contributed by atoms with Crippen molar-refractivity contribution in [3.05, 3.63) is 59.4 Å². The Hall–Kier alpha value is -3.16. The molecule has 8 heteroatoms. The Morgan fingerprint density at radius 2 is 2.09 bits per heavy atom. The minimum atomic E-state index is -1.03. The van der Waals surface area contributed by atoms with Crippen molar-refractivity contribution in [3.8, 4) is 0 Å². The molecule has 0 radical (unpaired) electrons. The van der Waals surface area contributed by atoms with Gasteiger partial charge >= 0.3 is 5.97 Å². The molecule has 0 saturated carbocycles. The highest BCUT2D eigenvalue weighted by Gasteiger charge is 2.37. The second-order valence-electron chi connectivity index (χ2n) is 7.54. The van der Waals surface area contributed by atoms with Gasteiger partial charge in [0.05, 0.1) is 11.5 Å². The second kappa shape index (κ2) is 13.3. The molecule has 2 heterocycles. The van der Waals surface area contributed by atoms with Gasteiger partial charge in [-0.3, -0.25) is 4.79 Å². The largest absolute Gasteiger partial charge is 0.479 e. The van der Waals surface area contributed by atoms with E-state index in [4.69, 9.17) is 14.6 Å². The lowest BCUT2D eigenvalue weighted by atomic mass is 9.80. The third-order valence-corrected chi connectivity index (χ3v) is 5.28. The Morgan fingerprint density at radius 3 is 2.59 bits per heavy atom. The zero-order chi connectivity index (χ0) is 24.3. The molecular formula is C24H34FN3O4. The summed E-state index contributed by atoms with van der Waals surface area (Å²) in [7, 11) is 0. The number of ether oxygens (including phenoxy) is 1. The van der Waals surface area contributed by atoms with Crippen LogP contribution in [0.1, 0.15) is 53.4 Å². The van der Waals surface area contributed by atoms with Crippen LogP contribution in [0, 0.1) is 5.92 Å². The summed E-state index contributed by atoms with van der Waals surface area (Å²) in [6, 6.07) is 0.122. The molecule has 7 nitrogen and oxygen atoms in total. The zero-order valence-electron chi connectivity index (χ0n) is 19.3. The number of fused-ring (bicyclic) bond motifs is 1. The fourth-order valence-electron chi connectivity index (χ4n) is 3.98. The van der Waals surface area contributed by atoms with E-state index in [2.05, 4.69) is 36.1 Å². The fourth-order valence-corrected chi connectivity index (χ4v) is 3.98. The summed E-state index contributed by atoms with van der Waals surface area (Å²) in [5.74, 6) is -0.560. The maximum absolute atomic E-state index is 13.2. The minimum absolute atomic E-state index is 0.122. The molecular weight excluding hydrogens is 413 g/mol. The van der Waals surface area contributed by atoms with E-state index in [0.717, 1.165) is 36.2 Å². The van der Waals surface area contributed by atoms with E-state index in [1.165, 1.54) is 18.6 Å². The lowest BCUT2D eigenvalue weighted by molar-refractivity contribution is -0.139. The van der Waals surface area contributed by atoms with E-state index in [9.17, 15) is 9.18 Å². The van der Waals surface area contributed by atoms with Gasteiger partial charge in [-0.25, -0.2) is 14.2 Å². The Bertz CT molecular complexity index is 851. The minimum Gasteiger partial charge on any atom is -0.479 e. The van der Waals surface area contributed by atoms with Crippen molar-refractivity contribution in [1.82, 2.24) is 4.90 Å². The molecule has 2 aliphatic heterocycles. The third-order valence-electron chi connectivity index (χ3n) is 5.28. The topological polar surface area (TPSA) is 105 Å². The summed E-state index contributed by atoms with van der Waals surface area (Å²) >= 11 is 0. The van der Waals surface area contributed by atoms with E-state index in [0.29, 0.717) is 18.2 Å². The van der Waals surface area contributed by atoms with Crippen LogP contribution in [-0.4, -0.2) is 40.9 Å². The lowest BCUT2D eigenvalue weighted by Gasteiger charge is -2.43. The molecule has 0 aromatic rings. The van der Waals surface area contributed by atoms with Crippen molar-refractivity contribution >= 4 is 18.3 Å². The van der Waals surface area contributed by atoms with E-state index in [1.54, 1.807) is 12.2 Å². The maximum atomic E-state index is 13.2. The molecule has 2 atom stereocenters. The highest BCUT2D eigenvalue weighted by atomic mass is 19.1. The number of nitrogens with zero attached hydrogens (tertiary/aromatic N) is 2. The van der Waals surface area contributed by atoms with Crippen LogP contribution >= 0.6 is 0 Å². The van der Waals surface area contributed by atoms with Crippen LogP contribution in [0.3, 0.4) is 0 Å². The molecule has 0 bridgehead atoms. The van der Waals surface area contributed by atoms with Gasteiger partial charge in [-0.15, -0.1) is 0 Å². The number of halogens is 1. The predicted molar refractivity (Wildman–Crippen MR) is 124 cm³/mol.